The third-order valence-electron chi connectivity index (χ3n) is 2.91. The van der Waals surface area contributed by atoms with Gasteiger partial charge >= 0.3 is 5.69 Å². The van der Waals surface area contributed by atoms with E-state index in [1.807, 2.05) is 13.8 Å². The fraction of sp³-hybridized carbons (Fsp3) is 0.545. The molecule has 0 bridgehead atoms. The number of H-pyrrole nitrogens is 1. The van der Waals surface area contributed by atoms with Gasteiger partial charge in [0.25, 0.3) is 0 Å². The molecule has 2 rings (SSSR count). The summed E-state index contributed by atoms with van der Waals surface area (Å²) in [4.78, 5) is 15.5. The molecule has 6 nitrogen and oxygen atoms in total. The van der Waals surface area contributed by atoms with Crippen LogP contribution < -0.4 is 5.69 Å². The molecule has 0 aliphatic rings. The predicted molar refractivity (Wildman–Crippen MR) is 62.9 cm³/mol. The van der Waals surface area contributed by atoms with Crippen LogP contribution in [0.15, 0.2) is 17.2 Å². The highest BCUT2D eigenvalue weighted by Gasteiger charge is 2.23. The zero-order chi connectivity index (χ0) is 12.6. The average Bonchev–Trinajstić information content (AvgIpc) is 2.59. The van der Waals surface area contributed by atoms with Crippen molar-refractivity contribution in [1.29, 1.82) is 0 Å². The van der Waals surface area contributed by atoms with Gasteiger partial charge in [0.05, 0.1) is 11.8 Å². The van der Waals surface area contributed by atoms with Crippen molar-refractivity contribution in [3.05, 3.63) is 28.6 Å². The highest BCUT2D eigenvalue weighted by atomic mass is 16.3. The second-order valence-electron chi connectivity index (χ2n) is 4.58. The van der Waals surface area contributed by atoms with E-state index in [-0.39, 0.29) is 17.5 Å². The highest BCUT2D eigenvalue weighted by molar-refractivity contribution is 5.38. The van der Waals surface area contributed by atoms with Gasteiger partial charge in [-0.25, -0.2) is 19.3 Å². The van der Waals surface area contributed by atoms with E-state index in [9.17, 15) is 9.90 Å². The molecule has 0 radical (unpaired) electrons. The number of nitrogens with one attached hydrogen (secondary N) is 1. The van der Waals surface area contributed by atoms with Gasteiger partial charge in [0.2, 0.25) is 0 Å². The third-order valence-corrected chi connectivity index (χ3v) is 2.91. The Labute approximate surface area is 98.3 Å². The fourth-order valence-corrected chi connectivity index (χ4v) is 2.15. The molecule has 2 unspecified atom stereocenters. The maximum absolute atomic E-state index is 11.3. The van der Waals surface area contributed by atoms with Gasteiger partial charge in [-0.1, -0.05) is 13.8 Å². The molecule has 2 aromatic heterocycles. The lowest BCUT2D eigenvalue weighted by Gasteiger charge is -2.22. The minimum atomic E-state index is -0.490. The molecule has 6 heteroatoms. The van der Waals surface area contributed by atoms with Crippen LogP contribution in [0.4, 0.5) is 0 Å². The first-order valence-electron chi connectivity index (χ1n) is 5.61. The van der Waals surface area contributed by atoms with Crippen molar-refractivity contribution in [3.8, 4) is 0 Å². The Balaban J connectivity index is 2.51. The Hall–Kier alpha value is -1.69. The third kappa shape index (κ3) is 2.08. The summed E-state index contributed by atoms with van der Waals surface area (Å²) >= 11 is 0. The molecule has 2 aromatic rings. The molecule has 0 amide bonds. The Morgan fingerprint density at radius 1 is 1.41 bits per heavy atom. The van der Waals surface area contributed by atoms with Crippen molar-refractivity contribution in [2.75, 3.05) is 0 Å². The number of hydrogen-bond donors (Lipinski definition) is 2. The maximum Gasteiger partial charge on any atom is 0.348 e. The molecule has 0 spiro atoms. The van der Waals surface area contributed by atoms with Crippen LogP contribution >= 0.6 is 0 Å². The van der Waals surface area contributed by atoms with Crippen molar-refractivity contribution in [3.63, 3.8) is 0 Å². The maximum atomic E-state index is 11.3. The topological polar surface area (TPSA) is 83.3 Å². The number of aromatic nitrogens is 4. The smallest absolute Gasteiger partial charge is 0.348 e. The Bertz CT molecular complexity index is 562. The molecule has 0 aliphatic carbocycles. The molecular weight excluding hydrogens is 220 g/mol. The first-order chi connectivity index (χ1) is 8.00. The zero-order valence-electron chi connectivity index (χ0n) is 10.1. The molecule has 0 saturated carbocycles. The van der Waals surface area contributed by atoms with E-state index >= 15 is 0 Å². The number of aliphatic hydroxyl groups is 1. The second-order valence-corrected chi connectivity index (χ2v) is 4.58. The highest BCUT2D eigenvalue weighted by Crippen LogP contribution is 2.26. The molecule has 0 aromatic carbocycles. The Kier molecular flexibility index (Phi) is 2.97. The molecule has 0 aliphatic heterocycles. The van der Waals surface area contributed by atoms with Gasteiger partial charge in [0.15, 0.2) is 5.65 Å². The summed E-state index contributed by atoms with van der Waals surface area (Å²) in [6, 6.07) is 1.73. The first-order valence-corrected chi connectivity index (χ1v) is 5.61. The minimum Gasteiger partial charge on any atom is -0.393 e. The van der Waals surface area contributed by atoms with E-state index in [1.165, 1.54) is 10.7 Å². The predicted octanol–water partition coefficient (Wildman–Crippen LogP) is 0.538. The van der Waals surface area contributed by atoms with Crippen molar-refractivity contribution in [2.24, 2.45) is 5.92 Å². The average molecular weight is 236 g/mol. The van der Waals surface area contributed by atoms with E-state index in [0.717, 1.165) is 5.69 Å². The number of nitrogens with zero attached hydrogens (tertiary/aromatic N) is 3. The van der Waals surface area contributed by atoms with Crippen LogP contribution in [0.5, 0.6) is 0 Å². The van der Waals surface area contributed by atoms with Crippen LogP contribution in [0, 0.1) is 5.92 Å². The fourth-order valence-electron chi connectivity index (χ4n) is 2.15. The first kappa shape index (κ1) is 11.8. The van der Waals surface area contributed by atoms with Gasteiger partial charge in [0.1, 0.15) is 6.33 Å². The van der Waals surface area contributed by atoms with E-state index in [4.69, 9.17) is 0 Å². The van der Waals surface area contributed by atoms with E-state index in [0.29, 0.717) is 5.65 Å². The number of rotatable bonds is 3. The van der Waals surface area contributed by atoms with Crippen LogP contribution in [0.25, 0.3) is 5.65 Å². The number of aliphatic hydroxyl groups excluding tert-OH is 1. The van der Waals surface area contributed by atoms with Crippen molar-refractivity contribution in [2.45, 2.75) is 32.8 Å². The molecule has 2 heterocycles. The normalized spacial score (nSPS) is 15.4. The summed E-state index contributed by atoms with van der Waals surface area (Å²) in [6.45, 7) is 5.80. The molecule has 0 saturated heterocycles. The zero-order valence-corrected chi connectivity index (χ0v) is 10.1. The summed E-state index contributed by atoms with van der Waals surface area (Å²) in [6.07, 6.45) is 0.949. The molecule has 2 N–H and O–H groups in total. The van der Waals surface area contributed by atoms with E-state index in [1.54, 1.807) is 13.0 Å². The number of aromatic amines is 1. The van der Waals surface area contributed by atoms with Crippen LogP contribution in [-0.2, 0) is 0 Å². The number of fused-ring (bicyclic) bond motifs is 1. The monoisotopic (exact) mass is 236 g/mol. The number of hydrogen-bond acceptors (Lipinski definition) is 4. The molecule has 2 atom stereocenters. The Morgan fingerprint density at radius 2 is 2.12 bits per heavy atom. The summed E-state index contributed by atoms with van der Waals surface area (Å²) in [5.74, 6) is 0.197. The van der Waals surface area contributed by atoms with Crippen LogP contribution in [0.3, 0.4) is 0 Å². The lowest BCUT2D eigenvalue weighted by molar-refractivity contribution is 0.138. The van der Waals surface area contributed by atoms with Crippen molar-refractivity contribution >= 4 is 5.65 Å². The van der Waals surface area contributed by atoms with Crippen LogP contribution in [0.2, 0.25) is 0 Å². The lowest BCUT2D eigenvalue weighted by Crippen LogP contribution is -2.22. The van der Waals surface area contributed by atoms with Crippen molar-refractivity contribution in [1.82, 2.24) is 19.6 Å². The minimum absolute atomic E-state index is 0.0631. The van der Waals surface area contributed by atoms with E-state index in [2.05, 4.69) is 15.2 Å². The molecule has 92 valence electrons. The SMILES string of the molecule is CC(C)C(c1cc2n[nH]c(=O)n2cn1)C(C)O. The van der Waals surface area contributed by atoms with Gasteiger partial charge in [0, 0.05) is 12.0 Å². The van der Waals surface area contributed by atoms with Gasteiger partial charge in [-0.2, -0.15) is 5.10 Å². The van der Waals surface area contributed by atoms with Gasteiger partial charge < -0.3 is 5.11 Å². The molecule has 0 fully saturated rings. The van der Waals surface area contributed by atoms with Crippen LogP contribution in [0.1, 0.15) is 32.4 Å². The lowest BCUT2D eigenvalue weighted by atomic mass is 9.88. The summed E-state index contributed by atoms with van der Waals surface area (Å²) in [5, 5.41) is 16.0. The summed E-state index contributed by atoms with van der Waals surface area (Å²) in [5.41, 5.74) is 0.963. The summed E-state index contributed by atoms with van der Waals surface area (Å²) < 4.78 is 1.34. The Morgan fingerprint density at radius 3 is 2.71 bits per heavy atom. The van der Waals surface area contributed by atoms with Gasteiger partial charge in [-0.05, 0) is 12.8 Å². The van der Waals surface area contributed by atoms with Gasteiger partial charge in [-0.15, -0.1) is 0 Å². The quantitative estimate of drug-likeness (QED) is 0.814. The van der Waals surface area contributed by atoms with Crippen molar-refractivity contribution < 1.29 is 5.11 Å². The standard InChI is InChI=1S/C11H16N4O2/c1-6(2)10(7(3)16)8-4-9-13-14-11(17)15(9)5-12-8/h4-7,10,16H,1-3H3,(H,14,17). The van der Waals surface area contributed by atoms with Crippen LogP contribution in [-0.4, -0.2) is 30.8 Å². The van der Waals surface area contributed by atoms with Gasteiger partial charge in [-0.3, -0.25) is 0 Å². The van der Waals surface area contributed by atoms with E-state index < -0.39 is 6.10 Å². The second kappa shape index (κ2) is 4.29. The molecule has 17 heavy (non-hydrogen) atoms. The summed E-state index contributed by atoms with van der Waals surface area (Å²) in [7, 11) is 0. The largest absolute Gasteiger partial charge is 0.393 e. The molecular formula is C11H16N4O2.